The monoisotopic (exact) mass is 283 g/mol. The number of benzene rings is 1. The van der Waals surface area contributed by atoms with Crippen molar-refractivity contribution in [3.8, 4) is 0 Å². The molecule has 0 bridgehead atoms. The topological polar surface area (TPSA) is 3.24 Å². The predicted molar refractivity (Wildman–Crippen MR) is 75.3 cm³/mol. The van der Waals surface area contributed by atoms with Crippen LogP contribution in [-0.2, 0) is 6.54 Å². The molecule has 2 heteroatoms. The maximum atomic E-state index is 3.52. The lowest BCUT2D eigenvalue weighted by atomic mass is 10.0. The smallest absolute Gasteiger partial charge is 0.0233 e. The van der Waals surface area contributed by atoms with Crippen LogP contribution in [0.2, 0.25) is 0 Å². The highest BCUT2D eigenvalue weighted by atomic mass is 79.9. The highest BCUT2D eigenvalue weighted by molar-refractivity contribution is 9.09. The second-order valence-electron chi connectivity index (χ2n) is 4.81. The first-order valence-electron chi connectivity index (χ1n) is 5.89. The first kappa shape index (κ1) is 13.7. The van der Waals surface area contributed by atoms with Crippen molar-refractivity contribution in [2.75, 3.05) is 12.4 Å². The van der Waals surface area contributed by atoms with Gasteiger partial charge in [0.2, 0.25) is 0 Å². The van der Waals surface area contributed by atoms with Gasteiger partial charge in [0, 0.05) is 17.9 Å². The molecule has 0 fully saturated rings. The lowest BCUT2D eigenvalue weighted by Crippen LogP contribution is -2.29. The van der Waals surface area contributed by atoms with E-state index < -0.39 is 0 Å². The van der Waals surface area contributed by atoms with Crippen LogP contribution in [0.3, 0.4) is 0 Å². The summed E-state index contributed by atoms with van der Waals surface area (Å²) in [6.07, 6.45) is 0. The third kappa shape index (κ3) is 3.91. The lowest BCUT2D eigenvalue weighted by molar-refractivity contribution is 0.271. The SMILES string of the molecule is CC(C)c1ccc(CN(C)C(C)CBr)cc1. The first-order valence-corrected chi connectivity index (χ1v) is 7.01. The number of halogens is 1. The molecular weight excluding hydrogens is 262 g/mol. The summed E-state index contributed by atoms with van der Waals surface area (Å²) in [5.74, 6) is 0.619. The lowest BCUT2D eigenvalue weighted by Gasteiger charge is -2.23. The van der Waals surface area contributed by atoms with Gasteiger partial charge in [-0.15, -0.1) is 0 Å². The Bertz CT molecular complexity index is 305. The highest BCUT2D eigenvalue weighted by Gasteiger charge is 2.08. The molecule has 0 aliphatic carbocycles. The van der Waals surface area contributed by atoms with E-state index in [-0.39, 0.29) is 0 Å². The molecule has 0 spiro atoms. The van der Waals surface area contributed by atoms with Crippen LogP contribution in [0.25, 0.3) is 0 Å². The van der Waals surface area contributed by atoms with E-state index in [1.165, 1.54) is 11.1 Å². The molecule has 16 heavy (non-hydrogen) atoms. The minimum absolute atomic E-state index is 0.574. The maximum Gasteiger partial charge on any atom is 0.0233 e. The summed E-state index contributed by atoms with van der Waals surface area (Å²) in [5, 5.41) is 1.02. The molecule has 90 valence electrons. The summed E-state index contributed by atoms with van der Waals surface area (Å²) in [4.78, 5) is 2.36. The van der Waals surface area contributed by atoms with Gasteiger partial charge in [0.05, 0.1) is 0 Å². The first-order chi connectivity index (χ1) is 7.54. The van der Waals surface area contributed by atoms with Crippen LogP contribution in [-0.4, -0.2) is 23.3 Å². The van der Waals surface area contributed by atoms with Crippen LogP contribution < -0.4 is 0 Å². The Balaban J connectivity index is 2.61. The number of alkyl halides is 1. The zero-order chi connectivity index (χ0) is 12.1. The molecule has 1 atom stereocenters. The fourth-order valence-electron chi connectivity index (χ4n) is 1.57. The molecule has 1 nitrogen and oxygen atoms in total. The third-order valence-electron chi connectivity index (χ3n) is 3.05. The van der Waals surface area contributed by atoms with E-state index in [2.05, 4.69) is 72.9 Å². The molecule has 0 saturated heterocycles. The quantitative estimate of drug-likeness (QED) is 0.738. The molecule has 0 N–H and O–H groups in total. The molecule has 0 aliphatic heterocycles. The summed E-state index contributed by atoms with van der Waals surface area (Å²) >= 11 is 3.52. The molecule has 0 aromatic heterocycles. The molecular formula is C14H22BrN. The summed E-state index contributed by atoms with van der Waals surface area (Å²) in [7, 11) is 2.17. The molecule has 0 radical (unpaired) electrons. The fraction of sp³-hybridized carbons (Fsp3) is 0.571. The summed E-state index contributed by atoms with van der Waals surface area (Å²) < 4.78 is 0. The van der Waals surface area contributed by atoms with Crippen molar-refractivity contribution < 1.29 is 0 Å². The van der Waals surface area contributed by atoms with Crippen molar-refractivity contribution >= 4 is 15.9 Å². The Kier molecular flexibility index (Phi) is 5.50. The van der Waals surface area contributed by atoms with E-state index in [1.54, 1.807) is 0 Å². The van der Waals surface area contributed by atoms with Gasteiger partial charge in [-0.25, -0.2) is 0 Å². The van der Waals surface area contributed by atoms with Crippen molar-refractivity contribution in [1.82, 2.24) is 4.90 Å². The highest BCUT2D eigenvalue weighted by Crippen LogP contribution is 2.16. The van der Waals surface area contributed by atoms with Crippen LogP contribution in [0.15, 0.2) is 24.3 Å². The van der Waals surface area contributed by atoms with Gasteiger partial charge in [-0.2, -0.15) is 0 Å². The predicted octanol–water partition coefficient (Wildman–Crippen LogP) is 4.03. The number of hydrogen-bond donors (Lipinski definition) is 0. The van der Waals surface area contributed by atoms with Gasteiger partial charge < -0.3 is 0 Å². The fourth-order valence-corrected chi connectivity index (χ4v) is 2.06. The van der Waals surface area contributed by atoms with E-state index >= 15 is 0 Å². The Hall–Kier alpha value is -0.340. The van der Waals surface area contributed by atoms with Gasteiger partial charge in [0.15, 0.2) is 0 Å². The summed E-state index contributed by atoms with van der Waals surface area (Å²) in [6.45, 7) is 7.71. The molecule has 1 aromatic rings. The van der Waals surface area contributed by atoms with Crippen LogP contribution in [0.4, 0.5) is 0 Å². The normalized spacial score (nSPS) is 13.4. The van der Waals surface area contributed by atoms with Crippen molar-refractivity contribution in [2.45, 2.75) is 39.3 Å². The van der Waals surface area contributed by atoms with Gasteiger partial charge in [0.25, 0.3) is 0 Å². The molecule has 0 aliphatic rings. The Morgan fingerprint density at radius 1 is 1.12 bits per heavy atom. The zero-order valence-electron chi connectivity index (χ0n) is 10.7. The van der Waals surface area contributed by atoms with Gasteiger partial charge >= 0.3 is 0 Å². The average molecular weight is 284 g/mol. The van der Waals surface area contributed by atoms with E-state index in [0.29, 0.717) is 12.0 Å². The van der Waals surface area contributed by atoms with Crippen molar-refractivity contribution in [1.29, 1.82) is 0 Å². The molecule has 0 saturated carbocycles. The van der Waals surface area contributed by atoms with Gasteiger partial charge in [-0.05, 0) is 31.0 Å². The van der Waals surface area contributed by atoms with E-state index in [9.17, 15) is 0 Å². The number of nitrogens with zero attached hydrogens (tertiary/aromatic N) is 1. The van der Waals surface area contributed by atoms with Crippen molar-refractivity contribution in [3.05, 3.63) is 35.4 Å². The Morgan fingerprint density at radius 2 is 1.69 bits per heavy atom. The second kappa shape index (κ2) is 6.41. The Labute approximate surface area is 108 Å². The van der Waals surface area contributed by atoms with E-state index in [4.69, 9.17) is 0 Å². The van der Waals surface area contributed by atoms with Crippen molar-refractivity contribution in [3.63, 3.8) is 0 Å². The summed E-state index contributed by atoms with van der Waals surface area (Å²) in [5.41, 5.74) is 2.81. The molecule has 0 heterocycles. The van der Waals surface area contributed by atoms with Crippen LogP contribution in [0, 0.1) is 0 Å². The molecule has 1 unspecified atom stereocenters. The van der Waals surface area contributed by atoms with Gasteiger partial charge in [-0.1, -0.05) is 54.0 Å². The van der Waals surface area contributed by atoms with E-state index in [1.807, 2.05) is 0 Å². The van der Waals surface area contributed by atoms with Crippen LogP contribution in [0.5, 0.6) is 0 Å². The van der Waals surface area contributed by atoms with Gasteiger partial charge in [-0.3, -0.25) is 4.90 Å². The number of rotatable bonds is 5. The van der Waals surface area contributed by atoms with Crippen molar-refractivity contribution in [2.24, 2.45) is 0 Å². The summed E-state index contributed by atoms with van der Waals surface area (Å²) in [6, 6.07) is 9.54. The second-order valence-corrected chi connectivity index (χ2v) is 5.46. The van der Waals surface area contributed by atoms with Gasteiger partial charge in [0.1, 0.15) is 0 Å². The standard InChI is InChI=1S/C14H22BrN/c1-11(2)14-7-5-13(6-8-14)10-16(4)12(3)9-15/h5-8,11-12H,9-10H2,1-4H3. The number of hydrogen-bond acceptors (Lipinski definition) is 1. The van der Waals surface area contributed by atoms with Crippen LogP contribution in [0.1, 0.15) is 37.8 Å². The van der Waals surface area contributed by atoms with Crippen LogP contribution >= 0.6 is 15.9 Å². The maximum absolute atomic E-state index is 3.52. The van der Waals surface area contributed by atoms with E-state index in [0.717, 1.165) is 11.9 Å². The third-order valence-corrected chi connectivity index (χ3v) is 3.99. The molecule has 1 aromatic carbocycles. The average Bonchev–Trinajstić information content (AvgIpc) is 2.28. The zero-order valence-corrected chi connectivity index (χ0v) is 12.3. The minimum Gasteiger partial charge on any atom is -0.299 e. The molecule has 1 rings (SSSR count). The largest absolute Gasteiger partial charge is 0.299 e. The molecule has 0 amide bonds. The Morgan fingerprint density at radius 3 is 2.12 bits per heavy atom. The minimum atomic E-state index is 0.574.